The van der Waals surface area contributed by atoms with Crippen LogP contribution in [0.4, 0.5) is 13.2 Å². The number of hydrogen-bond donors (Lipinski definition) is 1. The normalized spacial score (nSPS) is 35.6. The molecule has 2 aliphatic carbocycles. The van der Waals surface area contributed by atoms with Gasteiger partial charge in [0.2, 0.25) is 5.91 Å². The van der Waals surface area contributed by atoms with Crippen molar-refractivity contribution in [1.29, 1.82) is 0 Å². The highest BCUT2D eigenvalue weighted by molar-refractivity contribution is 9.09. The first kappa shape index (κ1) is 16.1. The van der Waals surface area contributed by atoms with Crippen molar-refractivity contribution in [2.24, 2.45) is 11.8 Å². The van der Waals surface area contributed by atoms with E-state index in [2.05, 4.69) is 21.2 Å². The van der Waals surface area contributed by atoms with Crippen LogP contribution in [0.1, 0.15) is 51.4 Å². The predicted octanol–water partition coefficient (Wildman–Crippen LogP) is 4.18. The molecule has 0 bridgehead atoms. The first-order valence-corrected chi connectivity index (χ1v) is 8.30. The summed E-state index contributed by atoms with van der Waals surface area (Å²) in [7, 11) is 0. The molecule has 2 nitrogen and oxygen atoms in total. The van der Waals surface area contributed by atoms with Crippen LogP contribution in [0.3, 0.4) is 0 Å². The summed E-state index contributed by atoms with van der Waals surface area (Å²) < 4.78 is 39.0. The van der Waals surface area contributed by atoms with E-state index < -0.39 is 18.0 Å². The highest BCUT2D eigenvalue weighted by Gasteiger charge is 2.48. The molecule has 0 radical (unpaired) electrons. The number of carbonyl (C=O) groups excluding carboxylic acids is 1. The van der Waals surface area contributed by atoms with Gasteiger partial charge in [-0.25, -0.2) is 0 Å². The average molecular weight is 356 g/mol. The van der Waals surface area contributed by atoms with Crippen molar-refractivity contribution in [1.82, 2.24) is 5.32 Å². The standard InChI is InChI=1S/C14H21BrF3NO/c15-9-5-7-10(8-6-9)19-13(20)11-3-1-2-4-12(11)14(16,17)18/h9-12H,1-8H2,(H,19,20). The number of carbonyl (C=O) groups is 1. The fourth-order valence-electron chi connectivity index (χ4n) is 3.34. The number of alkyl halides is 4. The Morgan fingerprint density at radius 1 is 1.00 bits per heavy atom. The smallest absolute Gasteiger partial charge is 0.353 e. The van der Waals surface area contributed by atoms with Gasteiger partial charge in [-0.05, 0) is 38.5 Å². The molecule has 1 amide bonds. The first-order valence-electron chi connectivity index (χ1n) is 7.39. The minimum Gasteiger partial charge on any atom is -0.353 e. The maximum atomic E-state index is 13.0. The molecule has 2 fully saturated rings. The van der Waals surface area contributed by atoms with Crippen molar-refractivity contribution in [3.05, 3.63) is 0 Å². The molecule has 0 aliphatic heterocycles. The summed E-state index contributed by atoms with van der Waals surface area (Å²) in [5.41, 5.74) is 0. The van der Waals surface area contributed by atoms with Gasteiger partial charge in [0.15, 0.2) is 0 Å². The summed E-state index contributed by atoms with van der Waals surface area (Å²) in [6.45, 7) is 0. The largest absolute Gasteiger partial charge is 0.392 e. The van der Waals surface area contributed by atoms with Crippen LogP contribution in [0.5, 0.6) is 0 Å². The van der Waals surface area contributed by atoms with E-state index in [1.807, 2.05) is 0 Å². The highest BCUT2D eigenvalue weighted by atomic mass is 79.9. The lowest BCUT2D eigenvalue weighted by Gasteiger charge is -2.34. The molecule has 1 N–H and O–H groups in total. The van der Waals surface area contributed by atoms with Crippen LogP contribution < -0.4 is 5.32 Å². The summed E-state index contributed by atoms with van der Waals surface area (Å²) in [5.74, 6) is -2.72. The van der Waals surface area contributed by atoms with E-state index in [0.29, 0.717) is 17.7 Å². The molecule has 0 aromatic rings. The van der Waals surface area contributed by atoms with E-state index in [-0.39, 0.29) is 18.4 Å². The Hall–Kier alpha value is -0.260. The summed E-state index contributed by atoms with van der Waals surface area (Å²) in [6.07, 6.45) is 1.14. The van der Waals surface area contributed by atoms with Gasteiger partial charge in [0, 0.05) is 16.8 Å². The Labute approximate surface area is 126 Å². The third-order valence-corrected chi connectivity index (χ3v) is 5.44. The number of rotatable bonds is 2. The van der Waals surface area contributed by atoms with E-state index in [1.54, 1.807) is 0 Å². The van der Waals surface area contributed by atoms with Gasteiger partial charge in [-0.1, -0.05) is 28.8 Å². The van der Waals surface area contributed by atoms with E-state index >= 15 is 0 Å². The zero-order valence-electron chi connectivity index (χ0n) is 11.4. The highest BCUT2D eigenvalue weighted by Crippen LogP contribution is 2.41. The fourth-order valence-corrected chi connectivity index (χ4v) is 3.87. The molecule has 2 atom stereocenters. The van der Waals surface area contributed by atoms with Crippen molar-refractivity contribution in [3.63, 3.8) is 0 Å². The lowest BCUT2D eigenvalue weighted by Crippen LogP contribution is -2.46. The van der Waals surface area contributed by atoms with Gasteiger partial charge < -0.3 is 5.32 Å². The second kappa shape index (κ2) is 6.67. The van der Waals surface area contributed by atoms with Crippen LogP contribution in [0.25, 0.3) is 0 Å². The maximum absolute atomic E-state index is 13.0. The predicted molar refractivity (Wildman–Crippen MR) is 74.6 cm³/mol. The second-order valence-electron chi connectivity index (χ2n) is 6.00. The molecule has 0 aromatic heterocycles. The Morgan fingerprint density at radius 3 is 2.20 bits per heavy atom. The van der Waals surface area contributed by atoms with Crippen LogP contribution >= 0.6 is 15.9 Å². The molecule has 0 heterocycles. The van der Waals surface area contributed by atoms with Crippen LogP contribution in [0.15, 0.2) is 0 Å². The molecule has 116 valence electrons. The van der Waals surface area contributed by atoms with Gasteiger partial charge in [-0.2, -0.15) is 13.2 Å². The zero-order valence-corrected chi connectivity index (χ0v) is 13.0. The van der Waals surface area contributed by atoms with Crippen LogP contribution in [0.2, 0.25) is 0 Å². The number of halogens is 4. The van der Waals surface area contributed by atoms with Crippen molar-refractivity contribution >= 4 is 21.8 Å². The second-order valence-corrected chi connectivity index (χ2v) is 7.29. The van der Waals surface area contributed by atoms with E-state index in [1.165, 1.54) is 0 Å². The quantitative estimate of drug-likeness (QED) is 0.739. The van der Waals surface area contributed by atoms with E-state index in [4.69, 9.17) is 0 Å². The Kier molecular flexibility index (Phi) is 5.37. The summed E-state index contributed by atoms with van der Waals surface area (Å²) in [5, 5.41) is 2.85. The monoisotopic (exact) mass is 355 g/mol. The molecule has 6 heteroatoms. The molecule has 0 spiro atoms. The van der Waals surface area contributed by atoms with Crippen molar-refractivity contribution in [2.75, 3.05) is 0 Å². The molecule has 0 aromatic carbocycles. The van der Waals surface area contributed by atoms with E-state index in [9.17, 15) is 18.0 Å². The Morgan fingerprint density at radius 2 is 1.60 bits per heavy atom. The van der Waals surface area contributed by atoms with Crippen molar-refractivity contribution in [2.45, 2.75) is 68.4 Å². The summed E-state index contributed by atoms with van der Waals surface area (Å²) in [4.78, 5) is 12.7. The van der Waals surface area contributed by atoms with Gasteiger partial charge in [0.1, 0.15) is 0 Å². The Bertz CT molecular complexity index is 340. The zero-order chi connectivity index (χ0) is 14.8. The van der Waals surface area contributed by atoms with Crippen LogP contribution in [-0.4, -0.2) is 23.0 Å². The summed E-state index contributed by atoms with van der Waals surface area (Å²) >= 11 is 3.53. The molecular formula is C14H21BrF3NO. The third kappa shape index (κ3) is 4.12. The van der Waals surface area contributed by atoms with Gasteiger partial charge in [-0.3, -0.25) is 4.79 Å². The maximum Gasteiger partial charge on any atom is 0.392 e. The minimum atomic E-state index is -4.25. The molecule has 2 unspecified atom stereocenters. The number of hydrogen-bond acceptors (Lipinski definition) is 1. The molecular weight excluding hydrogens is 335 g/mol. The number of nitrogens with one attached hydrogen (secondary N) is 1. The lowest BCUT2D eigenvalue weighted by atomic mass is 9.78. The SMILES string of the molecule is O=C(NC1CCC(Br)CC1)C1CCCCC1C(F)(F)F. The molecule has 0 saturated heterocycles. The topological polar surface area (TPSA) is 29.1 Å². The molecule has 2 rings (SSSR count). The summed E-state index contributed by atoms with van der Waals surface area (Å²) in [6, 6.07) is 0.0483. The van der Waals surface area contributed by atoms with E-state index in [0.717, 1.165) is 32.1 Å². The van der Waals surface area contributed by atoms with Gasteiger partial charge in [-0.15, -0.1) is 0 Å². The van der Waals surface area contributed by atoms with Crippen LogP contribution in [-0.2, 0) is 4.79 Å². The van der Waals surface area contributed by atoms with Crippen LogP contribution in [0, 0.1) is 11.8 Å². The van der Waals surface area contributed by atoms with Crippen molar-refractivity contribution in [3.8, 4) is 0 Å². The third-order valence-electron chi connectivity index (χ3n) is 4.53. The van der Waals surface area contributed by atoms with Gasteiger partial charge >= 0.3 is 6.18 Å². The molecule has 20 heavy (non-hydrogen) atoms. The minimum absolute atomic E-state index is 0.0483. The van der Waals surface area contributed by atoms with Gasteiger partial charge in [0.25, 0.3) is 0 Å². The molecule has 2 aliphatic rings. The number of amides is 1. The van der Waals surface area contributed by atoms with Crippen molar-refractivity contribution < 1.29 is 18.0 Å². The lowest BCUT2D eigenvalue weighted by molar-refractivity contribution is -0.198. The average Bonchev–Trinajstić information content (AvgIpc) is 2.40. The first-order chi connectivity index (χ1) is 9.38. The fraction of sp³-hybridized carbons (Fsp3) is 0.929. The van der Waals surface area contributed by atoms with Gasteiger partial charge in [0.05, 0.1) is 5.92 Å². The Balaban J connectivity index is 1.92. The molecule has 2 saturated carbocycles.